The lowest BCUT2D eigenvalue weighted by Crippen LogP contribution is -2.34. The second-order valence-electron chi connectivity index (χ2n) is 7.17. The van der Waals surface area contributed by atoms with Crippen molar-refractivity contribution in [1.82, 2.24) is 5.32 Å². The number of fused-ring (bicyclic) bond motifs is 2. The fourth-order valence-electron chi connectivity index (χ4n) is 4.61. The molecule has 0 saturated carbocycles. The highest BCUT2D eigenvalue weighted by atomic mass is 32.2. The van der Waals surface area contributed by atoms with Crippen LogP contribution in [0.4, 0.5) is 0 Å². The molecule has 0 bridgehead atoms. The van der Waals surface area contributed by atoms with E-state index in [1.54, 1.807) is 30.3 Å². The van der Waals surface area contributed by atoms with E-state index in [9.17, 15) is 22.6 Å². The highest BCUT2D eigenvalue weighted by Gasteiger charge is 2.28. The first-order valence-corrected chi connectivity index (χ1v) is 10.3. The van der Waals surface area contributed by atoms with Gasteiger partial charge in [0, 0.05) is 21.9 Å². The minimum atomic E-state index is -4.40. The van der Waals surface area contributed by atoms with Gasteiger partial charge < -0.3 is 0 Å². The van der Waals surface area contributed by atoms with E-state index in [0.29, 0.717) is 27.3 Å². The van der Waals surface area contributed by atoms with Crippen LogP contribution in [0.2, 0.25) is 0 Å². The fraction of sp³-hybridized carbons (Fsp3) is 0. The van der Waals surface area contributed by atoms with E-state index in [1.165, 1.54) is 6.07 Å². The number of carbonyl (C=O) groups excluding carboxylic acids is 2. The molecule has 1 aliphatic heterocycles. The Labute approximate surface area is 163 Å². The summed E-state index contributed by atoms with van der Waals surface area (Å²) in [5.74, 6) is -0.867. The number of carbonyl (C=O) groups is 2. The van der Waals surface area contributed by atoms with Crippen LogP contribution in [-0.2, 0) is 10.1 Å². The lowest BCUT2D eigenvalue weighted by atomic mass is 9.85. The maximum absolute atomic E-state index is 12.4. The Morgan fingerprint density at radius 3 is 1.76 bits per heavy atom. The molecule has 140 valence electrons. The lowest BCUT2D eigenvalue weighted by Gasteiger charge is -2.21. The highest BCUT2D eigenvalue weighted by molar-refractivity contribution is 7.86. The largest absolute Gasteiger partial charge is 0.295 e. The predicted octanol–water partition coefficient (Wildman–Crippen LogP) is 3.87. The molecule has 0 spiro atoms. The Bertz CT molecular complexity index is 1620. The lowest BCUT2D eigenvalue weighted by molar-refractivity contribution is 0.0845. The molecule has 1 aliphatic rings. The molecule has 6 rings (SSSR count). The van der Waals surface area contributed by atoms with Crippen LogP contribution in [0.15, 0.2) is 59.5 Å². The molecule has 0 atom stereocenters. The minimum Gasteiger partial charge on any atom is -0.288 e. The van der Waals surface area contributed by atoms with Crippen LogP contribution in [0.25, 0.3) is 43.1 Å². The molecule has 5 aromatic carbocycles. The standard InChI is InChI=1S/C22H11NO5S/c24-21-15-6-4-12-10-2-1-3-14-17(29(26,27)28)9-8-11(18(10)14)13-5-7-16(22(25)23-21)20(15)19(12)13/h1-9H,(H,23,24,25)(H,26,27,28). The molecule has 0 radical (unpaired) electrons. The second-order valence-corrected chi connectivity index (χ2v) is 8.56. The van der Waals surface area contributed by atoms with E-state index in [-0.39, 0.29) is 4.90 Å². The SMILES string of the molecule is O=C1NC(=O)c2ccc3c4ccc(S(=O)(=O)O)c5cccc(c6ccc1c2c63)c54. The van der Waals surface area contributed by atoms with Crippen molar-refractivity contribution in [1.29, 1.82) is 0 Å². The Hall–Kier alpha value is -3.55. The van der Waals surface area contributed by atoms with Gasteiger partial charge >= 0.3 is 0 Å². The molecule has 2 N–H and O–H groups in total. The van der Waals surface area contributed by atoms with E-state index in [2.05, 4.69) is 5.32 Å². The average Bonchev–Trinajstić information content (AvgIpc) is 2.69. The van der Waals surface area contributed by atoms with Crippen molar-refractivity contribution >= 4 is 65.0 Å². The summed E-state index contributed by atoms with van der Waals surface area (Å²) >= 11 is 0. The zero-order chi connectivity index (χ0) is 20.1. The zero-order valence-electron chi connectivity index (χ0n) is 14.7. The number of hydrogen-bond donors (Lipinski definition) is 2. The third kappa shape index (κ3) is 1.95. The molecule has 7 heteroatoms. The molecular formula is C22H11NO5S. The number of hydrogen-bond acceptors (Lipinski definition) is 4. The number of nitrogens with one attached hydrogen (secondary N) is 1. The van der Waals surface area contributed by atoms with Crippen LogP contribution in [0.5, 0.6) is 0 Å². The van der Waals surface area contributed by atoms with Crippen molar-refractivity contribution in [2.75, 3.05) is 0 Å². The average molecular weight is 401 g/mol. The summed E-state index contributed by atoms with van der Waals surface area (Å²) in [7, 11) is -4.40. The molecule has 29 heavy (non-hydrogen) atoms. The van der Waals surface area contributed by atoms with Gasteiger partial charge in [-0.15, -0.1) is 0 Å². The molecular weight excluding hydrogens is 390 g/mol. The van der Waals surface area contributed by atoms with Gasteiger partial charge in [0.2, 0.25) is 0 Å². The van der Waals surface area contributed by atoms with Crippen LogP contribution < -0.4 is 5.32 Å². The number of benzene rings is 5. The third-order valence-electron chi connectivity index (χ3n) is 5.74. The number of imide groups is 1. The Balaban J connectivity index is 1.96. The van der Waals surface area contributed by atoms with Gasteiger partial charge in [-0.2, -0.15) is 8.42 Å². The maximum atomic E-state index is 12.4. The second kappa shape index (κ2) is 5.08. The fourth-order valence-corrected chi connectivity index (χ4v) is 5.30. The van der Waals surface area contributed by atoms with Crippen molar-refractivity contribution in [3.63, 3.8) is 0 Å². The van der Waals surface area contributed by atoms with E-state index >= 15 is 0 Å². The van der Waals surface area contributed by atoms with Gasteiger partial charge in [-0.25, -0.2) is 0 Å². The van der Waals surface area contributed by atoms with E-state index in [1.807, 2.05) is 18.2 Å². The third-order valence-corrected chi connectivity index (χ3v) is 6.65. The first kappa shape index (κ1) is 16.4. The number of amides is 2. The minimum absolute atomic E-state index is 0.151. The molecule has 0 unspecified atom stereocenters. The highest BCUT2D eigenvalue weighted by Crippen LogP contribution is 2.43. The predicted molar refractivity (Wildman–Crippen MR) is 109 cm³/mol. The van der Waals surface area contributed by atoms with Crippen molar-refractivity contribution in [2.24, 2.45) is 0 Å². The van der Waals surface area contributed by atoms with Crippen molar-refractivity contribution in [3.8, 4) is 0 Å². The summed E-state index contributed by atoms with van der Waals surface area (Å²) in [4.78, 5) is 24.6. The van der Waals surface area contributed by atoms with E-state index in [4.69, 9.17) is 0 Å². The Kier molecular flexibility index (Phi) is 2.87. The van der Waals surface area contributed by atoms with Crippen LogP contribution in [-0.4, -0.2) is 24.8 Å². The molecule has 1 heterocycles. The quantitative estimate of drug-likeness (QED) is 0.192. The van der Waals surface area contributed by atoms with Gasteiger partial charge in [0.25, 0.3) is 21.9 Å². The van der Waals surface area contributed by atoms with Gasteiger partial charge in [-0.1, -0.05) is 36.4 Å². The first-order chi connectivity index (χ1) is 13.9. The smallest absolute Gasteiger partial charge is 0.288 e. The molecule has 0 aliphatic carbocycles. The maximum Gasteiger partial charge on any atom is 0.295 e. The summed E-state index contributed by atoms with van der Waals surface area (Å²) in [5.41, 5.74) is 0.871. The summed E-state index contributed by atoms with van der Waals surface area (Å²) in [6, 6.07) is 15.3. The summed E-state index contributed by atoms with van der Waals surface area (Å²) in [5, 5.41) is 8.11. The molecule has 0 aromatic heterocycles. The summed E-state index contributed by atoms with van der Waals surface area (Å²) < 4.78 is 33.5. The van der Waals surface area contributed by atoms with Crippen LogP contribution in [0.1, 0.15) is 20.7 Å². The molecule has 2 amide bonds. The topological polar surface area (TPSA) is 101 Å². The Morgan fingerprint density at radius 2 is 1.14 bits per heavy atom. The molecule has 0 saturated heterocycles. The van der Waals surface area contributed by atoms with Crippen molar-refractivity contribution in [2.45, 2.75) is 4.90 Å². The molecule has 0 fully saturated rings. The van der Waals surface area contributed by atoms with Crippen LogP contribution in [0.3, 0.4) is 0 Å². The van der Waals surface area contributed by atoms with Gasteiger partial charge in [-0.05, 0) is 50.5 Å². The number of rotatable bonds is 1. The molecule has 5 aromatic rings. The van der Waals surface area contributed by atoms with E-state index < -0.39 is 21.9 Å². The van der Waals surface area contributed by atoms with Gasteiger partial charge in [0.05, 0.1) is 0 Å². The van der Waals surface area contributed by atoms with Gasteiger partial charge in [0.1, 0.15) is 4.90 Å². The molecule has 6 nitrogen and oxygen atoms in total. The normalized spacial score (nSPS) is 14.4. The van der Waals surface area contributed by atoms with Crippen LogP contribution in [0, 0.1) is 0 Å². The van der Waals surface area contributed by atoms with Gasteiger partial charge in [0.15, 0.2) is 0 Å². The Morgan fingerprint density at radius 1 is 0.621 bits per heavy atom. The zero-order valence-corrected chi connectivity index (χ0v) is 15.5. The summed E-state index contributed by atoms with van der Waals surface area (Å²) in [6.45, 7) is 0. The van der Waals surface area contributed by atoms with E-state index in [0.717, 1.165) is 26.9 Å². The monoisotopic (exact) mass is 401 g/mol. The van der Waals surface area contributed by atoms with Crippen molar-refractivity contribution in [3.05, 3.63) is 65.7 Å². The van der Waals surface area contributed by atoms with Crippen molar-refractivity contribution < 1.29 is 22.6 Å². The van der Waals surface area contributed by atoms with Gasteiger partial charge in [-0.3, -0.25) is 19.5 Å². The first-order valence-electron chi connectivity index (χ1n) is 8.85. The summed E-state index contributed by atoms with van der Waals surface area (Å²) in [6.07, 6.45) is 0. The van der Waals surface area contributed by atoms with Crippen LogP contribution >= 0.6 is 0 Å².